The lowest BCUT2D eigenvalue weighted by atomic mass is 10.1. The Labute approximate surface area is 49.2 Å². The SMILES string of the molecule is [2H]C1([2H])CC[C@H](O)C([2H])([2H])N1. The van der Waals surface area contributed by atoms with Crippen LogP contribution in [0.15, 0.2) is 0 Å². The first-order valence-corrected chi connectivity index (χ1v) is 2.31. The quantitative estimate of drug-likeness (QED) is 0.444. The molecule has 7 heavy (non-hydrogen) atoms. The van der Waals surface area contributed by atoms with E-state index in [1.165, 1.54) is 0 Å². The van der Waals surface area contributed by atoms with Crippen LogP contribution in [0.3, 0.4) is 0 Å². The largest absolute Gasteiger partial charge is 0.392 e. The van der Waals surface area contributed by atoms with E-state index >= 15 is 0 Å². The van der Waals surface area contributed by atoms with Gasteiger partial charge >= 0.3 is 0 Å². The van der Waals surface area contributed by atoms with Crippen LogP contribution in [0.4, 0.5) is 0 Å². The van der Waals surface area contributed by atoms with Gasteiger partial charge in [-0.2, -0.15) is 0 Å². The van der Waals surface area contributed by atoms with Crippen LogP contribution in [0, 0.1) is 0 Å². The average Bonchev–Trinajstić information content (AvgIpc) is 1.77. The lowest BCUT2D eigenvalue weighted by Gasteiger charge is -2.16. The van der Waals surface area contributed by atoms with Gasteiger partial charge in [-0.3, -0.25) is 0 Å². The Hall–Kier alpha value is -0.0800. The maximum Gasteiger partial charge on any atom is 0.0665 e. The summed E-state index contributed by atoms with van der Waals surface area (Å²) in [6.45, 7) is -3.69. The zero-order valence-electron chi connectivity index (χ0n) is 7.94. The van der Waals surface area contributed by atoms with Crippen molar-refractivity contribution >= 4 is 0 Å². The van der Waals surface area contributed by atoms with Gasteiger partial charge in [-0.05, 0) is 19.3 Å². The maximum absolute atomic E-state index is 9.06. The van der Waals surface area contributed by atoms with E-state index in [1.807, 2.05) is 0 Å². The van der Waals surface area contributed by atoms with Crippen molar-refractivity contribution < 1.29 is 10.6 Å². The Kier molecular flexibility index (Phi) is 0.664. The molecule has 0 aromatic rings. The van der Waals surface area contributed by atoms with E-state index in [1.54, 1.807) is 0 Å². The third kappa shape index (κ3) is 1.45. The molecule has 2 nitrogen and oxygen atoms in total. The molecule has 1 heterocycles. The van der Waals surface area contributed by atoms with Gasteiger partial charge in [0.15, 0.2) is 0 Å². The smallest absolute Gasteiger partial charge is 0.0665 e. The molecule has 0 saturated carbocycles. The van der Waals surface area contributed by atoms with Crippen LogP contribution >= 0.6 is 0 Å². The van der Waals surface area contributed by atoms with Crippen molar-refractivity contribution in [3.05, 3.63) is 0 Å². The number of aliphatic hydroxyl groups is 1. The molecule has 1 atom stereocenters. The number of β-amino-alcohol motifs (C(OH)–C–C–N with tert-alkyl or cyclic N) is 1. The summed E-state index contributed by atoms with van der Waals surface area (Å²) >= 11 is 0. The maximum atomic E-state index is 9.06. The third-order valence-corrected chi connectivity index (χ3v) is 0.870. The molecule has 0 amide bonds. The van der Waals surface area contributed by atoms with E-state index in [0.29, 0.717) is 0 Å². The standard InChI is InChI=1S/C5H11NO/c7-5-2-1-3-6-4-5/h5-7H,1-4H2/t5-/m0/s1/i3D2,4D2. The zero-order chi connectivity index (χ0) is 8.70. The molecule has 0 radical (unpaired) electrons. The minimum absolute atomic E-state index is 0.147. The molecule has 1 rings (SSSR count). The van der Waals surface area contributed by atoms with Gasteiger partial charge in [-0.25, -0.2) is 0 Å². The first-order valence-electron chi connectivity index (χ1n) is 4.31. The summed E-state index contributed by atoms with van der Waals surface area (Å²) in [5.41, 5.74) is 0. The Morgan fingerprint density at radius 3 is 3.29 bits per heavy atom. The highest BCUT2D eigenvalue weighted by molar-refractivity contribution is 4.65. The molecule has 42 valence electrons. The van der Waals surface area contributed by atoms with Gasteiger partial charge in [0.2, 0.25) is 0 Å². The van der Waals surface area contributed by atoms with Crippen LogP contribution in [0.5, 0.6) is 0 Å². The Bertz CT molecular complexity index is 161. The molecule has 0 spiro atoms. The molecule has 0 bridgehead atoms. The lowest BCUT2D eigenvalue weighted by Crippen LogP contribution is -2.33. The number of piperidine rings is 1. The second-order valence-electron chi connectivity index (χ2n) is 1.50. The molecule has 1 aliphatic heterocycles. The summed E-state index contributed by atoms with van der Waals surface area (Å²) in [6.07, 6.45) is -0.799. The van der Waals surface area contributed by atoms with E-state index < -0.39 is 19.1 Å². The molecule has 0 aromatic carbocycles. The van der Waals surface area contributed by atoms with E-state index in [-0.39, 0.29) is 12.8 Å². The van der Waals surface area contributed by atoms with Crippen LogP contribution in [0.25, 0.3) is 0 Å². The van der Waals surface area contributed by atoms with Gasteiger partial charge in [0.05, 0.1) is 6.10 Å². The number of rotatable bonds is 0. The fraction of sp³-hybridized carbons (Fsp3) is 1.00. The predicted octanol–water partition coefficient (Wildman–Crippen LogP) is -0.269. The van der Waals surface area contributed by atoms with E-state index in [0.717, 1.165) is 0 Å². The Morgan fingerprint density at radius 1 is 1.86 bits per heavy atom. The lowest BCUT2D eigenvalue weighted by molar-refractivity contribution is 0.142. The molecule has 2 N–H and O–H groups in total. The highest BCUT2D eigenvalue weighted by Gasteiger charge is 2.06. The molecule has 2 heteroatoms. The average molecular weight is 105 g/mol. The van der Waals surface area contributed by atoms with Crippen LogP contribution in [-0.2, 0) is 0 Å². The molecule has 0 unspecified atom stereocenters. The highest BCUT2D eigenvalue weighted by atomic mass is 16.3. The van der Waals surface area contributed by atoms with Gasteiger partial charge in [0.1, 0.15) is 0 Å². The fourth-order valence-corrected chi connectivity index (χ4v) is 0.478. The van der Waals surface area contributed by atoms with Crippen molar-refractivity contribution in [3.8, 4) is 0 Å². The summed E-state index contributed by atoms with van der Waals surface area (Å²) in [6, 6.07) is 0. The fourth-order valence-electron chi connectivity index (χ4n) is 0.478. The van der Waals surface area contributed by atoms with Crippen LogP contribution < -0.4 is 5.32 Å². The van der Waals surface area contributed by atoms with Crippen molar-refractivity contribution in [2.75, 3.05) is 13.0 Å². The number of nitrogens with one attached hydrogen (secondary N) is 1. The summed E-state index contributed by atoms with van der Waals surface area (Å²) in [4.78, 5) is 0. The van der Waals surface area contributed by atoms with E-state index in [4.69, 9.17) is 10.6 Å². The molecular weight excluding hydrogens is 90.1 g/mol. The van der Waals surface area contributed by atoms with Gasteiger partial charge in [-0.1, -0.05) is 0 Å². The van der Waals surface area contributed by atoms with Gasteiger partial charge in [-0.15, -0.1) is 0 Å². The number of aliphatic hydroxyl groups excluding tert-OH is 1. The van der Waals surface area contributed by atoms with Gasteiger partial charge < -0.3 is 10.4 Å². The van der Waals surface area contributed by atoms with Crippen LogP contribution in [0.1, 0.15) is 18.3 Å². The summed E-state index contributed by atoms with van der Waals surface area (Å²) in [5, 5.41) is 11.2. The number of hydrogen-bond acceptors (Lipinski definition) is 2. The second kappa shape index (κ2) is 2.28. The van der Waals surface area contributed by atoms with E-state index in [9.17, 15) is 0 Å². The van der Waals surface area contributed by atoms with E-state index in [2.05, 4.69) is 5.32 Å². The topological polar surface area (TPSA) is 32.3 Å². The van der Waals surface area contributed by atoms with Gasteiger partial charge in [0, 0.05) is 12.0 Å². The summed E-state index contributed by atoms with van der Waals surface area (Å²) < 4.78 is 28.7. The molecule has 1 fully saturated rings. The van der Waals surface area contributed by atoms with Crippen LogP contribution in [0.2, 0.25) is 0 Å². The van der Waals surface area contributed by atoms with Crippen molar-refractivity contribution in [1.29, 1.82) is 0 Å². The van der Waals surface area contributed by atoms with Crippen molar-refractivity contribution in [3.63, 3.8) is 0 Å². The zero-order valence-corrected chi connectivity index (χ0v) is 3.94. The first-order chi connectivity index (χ1) is 4.83. The van der Waals surface area contributed by atoms with Crippen molar-refractivity contribution in [2.45, 2.75) is 18.9 Å². The molecular formula is C5H11NO. The molecule has 1 aliphatic rings. The normalized spacial score (nSPS) is 55.9. The minimum Gasteiger partial charge on any atom is -0.392 e. The van der Waals surface area contributed by atoms with Crippen molar-refractivity contribution in [1.82, 2.24) is 5.32 Å². The van der Waals surface area contributed by atoms with Gasteiger partial charge in [0.25, 0.3) is 0 Å². The highest BCUT2D eigenvalue weighted by Crippen LogP contribution is 1.98. The number of hydrogen-bond donors (Lipinski definition) is 2. The third-order valence-electron chi connectivity index (χ3n) is 0.870. The summed E-state index contributed by atoms with van der Waals surface area (Å²) in [5.74, 6) is 0. The molecule has 1 saturated heterocycles. The molecule has 0 aromatic heterocycles. The Morgan fingerprint density at radius 2 is 2.71 bits per heavy atom. The Balaban J connectivity index is 2.67. The summed E-state index contributed by atoms with van der Waals surface area (Å²) in [7, 11) is 0. The predicted molar refractivity (Wildman–Crippen MR) is 28.1 cm³/mol. The second-order valence-corrected chi connectivity index (χ2v) is 1.50. The molecule has 0 aliphatic carbocycles. The van der Waals surface area contributed by atoms with Crippen LogP contribution in [-0.4, -0.2) is 24.2 Å². The van der Waals surface area contributed by atoms with Crippen molar-refractivity contribution in [2.24, 2.45) is 0 Å². The monoisotopic (exact) mass is 105 g/mol. The minimum atomic E-state index is -2.00. The first kappa shape index (κ1) is 2.03.